The molecule has 134 valence electrons. The summed E-state index contributed by atoms with van der Waals surface area (Å²) < 4.78 is 0. The van der Waals surface area contributed by atoms with E-state index in [4.69, 9.17) is 0 Å². The highest BCUT2D eigenvalue weighted by atomic mass is 16.3. The van der Waals surface area contributed by atoms with Gasteiger partial charge in [-0.3, -0.25) is 0 Å². The van der Waals surface area contributed by atoms with E-state index in [1.54, 1.807) is 0 Å². The fourth-order valence-electron chi connectivity index (χ4n) is 4.17. The molecule has 1 N–H and O–H groups in total. The fourth-order valence-corrected chi connectivity index (χ4v) is 4.17. The molecular weight excluding hydrogens is 284 g/mol. The number of aliphatic hydroxyl groups is 1. The molecule has 1 aliphatic carbocycles. The maximum absolute atomic E-state index is 11.3. The highest BCUT2D eigenvalue weighted by Crippen LogP contribution is 2.32. The van der Waals surface area contributed by atoms with Gasteiger partial charge >= 0.3 is 0 Å². The van der Waals surface area contributed by atoms with E-state index in [9.17, 15) is 5.11 Å². The Morgan fingerprint density at radius 1 is 0.957 bits per heavy atom. The van der Waals surface area contributed by atoms with Gasteiger partial charge in [0.05, 0.1) is 5.60 Å². The molecule has 0 spiro atoms. The van der Waals surface area contributed by atoms with Crippen molar-refractivity contribution in [2.45, 2.75) is 69.8 Å². The van der Waals surface area contributed by atoms with Gasteiger partial charge in [0.2, 0.25) is 0 Å². The van der Waals surface area contributed by atoms with Gasteiger partial charge < -0.3 is 14.9 Å². The minimum Gasteiger partial charge on any atom is -0.385 e. The van der Waals surface area contributed by atoms with Crippen molar-refractivity contribution >= 4 is 0 Å². The highest BCUT2D eigenvalue weighted by molar-refractivity contribution is 5.01. The van der Waals surface area contributed by atoms with Crippen LogP contribution in [0.5, 0.6) is 0 Å². The number of nitrogens with zero attached hydrogens (tertiary/aromatic N) is 2. The van der Waals surface area contributed by atoms with Crippen LogP contribution >= 0.6 is 0 Å². The van der Waals surface area contributed by atoms with E-state index < -0.39 is 5.60 Å². The summed E-state index contributed by atoms with van der Waals surface area (Å²) in [7, 11) is 2.20. The normalized spacial score (nSPS) is 33.6. The van der Waals surface area contributed by atoms with E-state index in [0.717, 1.165) is 52.0 Å². The monoisotopic (exact) mass is 322 g/mol. The van der Waals surface area contributed by atoms with Crippen LogP contribution in [0.2, 0.25) is 0 Å². The second-order valence-electron chi connectivity index (χ2n) is 7.86. The predicted molar refractivity (Wildman–Crippen MR) is 98.7 cm³/mol. The first kappa shape index (κ1) is 19.0. The van der Waals surface area contributed by atoms with Gasteiger partial charge in [0.25, 0.3) is 0 Å². The molecule has 0 amide bonds. The molecule has 1 saturated heterocycles. The summed E-state index contributed by atoms with van der Waals surface area (Å²) in [5.74, 6) is 0.350. The fraction of sp³-hybridized carbons (Fsp3) is 0.900. The number of hydrogen-bond acceptors (Lipinski definition) is 3. The Labute approximate surface area is 143 Å². The number of piperazine rings is 1. The van der Waals surface area contributed by atoms with E-state index in [1.807, 2.05) is 6.08 Å². The van der Waals surface area contributed by atoms with Crippen LogP contribution in [-0.2, 0) is 0 Å². The Morgan fingerprint density at radius 2 is 1.52 bits per heavy atom. The van der Waals surface area contributed by atoms with Gasteiger partial charge in [-0.1, -0.05) is 57.4 Å². The molecule has 23 heavy (non-hydrogen) atoms. The Kier molecular flexibility index (Phi) is 8.08. The molecule has 1 saturated carbocycles. The van der Waals surface area contributed by atoms with Crippen LogP contribution < -0.4 is 0 Å². The Hall–Kier alpha value is -0.380. The zero-order valence-electron chi connectivity index (χ0n) is 15.3. The number of rotatable bonds is 3. The van der Waals surface area contributed by atoms with Gasteiger partial charge in [0, 0.05) is 38.6 Å². The van der Waals surface area contributed by atoms with Crippen LogP contribution in [0.3, 0.4) is 0 Å². The predicted octanol–water partition coefficient (Wildman–Crippen LogP) is 3.68. The molecule has 2 fully saturated rings. The van der Waals surface area contributed by atoms with Gasteiger partial charge in [-0.25, -0.2) is 0 Å². The van der Waals surface area contributed by atoms with Gasteiger partial charge in [0.15, 0.2) is 0 Å². The van der Waals surface area contributed by atoms with Crippen molar-refractivity contribution in [1.29, 1.82) is 0 Å². The first-order valence-corrected chi connectivity index (χ1v) is 9.91. The average molecular weight is 323 g/mol. The van der Waals surface area contributed by atoms with Crippen LogP contribution in [-0.4, -0.2) is 60.3 Å². The topological polar surface area (TPSA) is 26.7 Å². The third-order valence-corrected chi connectivity index (χ3v) is 6.01. The maximum Gasteiger partial charge on any atom is 0.0865 e. The molecular formula is C20H38N2O. The van der Waals surface area contributed by atoms with Gasteiger partial charge in [-0.15, -0.1) is 6.58 Å². The first-order chi connectivity index (χ1) is 11.1. The molecule has 0 bridgehead atoms. The van der Waals surface area contributed by atoms with E-state index in [1.165, 1.54) is 44.9 Å². The zero-order valence-corrected chi connectivity index (χ0v) is 15.3. The van der Waals surface area contributed by atoms with Crippen molar-refractivity contribution in [3.05, 3.63) is 12.7 Å². The number of likely N-dealkylation sites (N-methyl/N-ethyl adjacent to an activating group) is 1. The van der Waals surface area contributed by atoms with Gasteiger partial charge in [-0.05, 0) is 19.9 Å². The summed E-state index contributed by atoms with van der Waals surface area (Å²) in [6.45, 7) is 9.62. The van der Waals surface area contributed by atoms with Crippen molar-refractivity contribution in [2.24, 2.45) is 5.92 Å². The van der Waals surface area contributed by atoms with E-state index >= 15 is 0 Å². The van der Waals surface area contributed by atoms with Crippen molar-refractivity contribution in [3.8, 4) is 0 Å². The van der Waals surface area contributed by atoms with Crippen LogP contribution in [0.1, 0.15) is 64.2 Å². The summed E-state index contributed by atoms with van der Waals surface area (Å²) in [6, 6.07) is 0. The quantitative estimate of drug-likeness (QED) is 0.803. The lowest BCUT2D eigenvalue weighted by atomic mass is 9.79. The second kappa shape index (κ2) is 9.80. The molecule has 2 aliphatic rings. The summed E-state index contributed by atoms with van der Waals surface area (Å²) in [5, 5.41) is 11.3. The van der Waals surface area contributed by atoms with Crippen LogP contribution in [0, 0.1) is 5.92 Å². The summed E-state index contributed by atoms with van der Waals surface area (Å²) in [6.07, 6.45) is 14.4. The molecule has 0 aromatic rings. The smallest absolute Gasteiger partial charge is 0.0865 e. The minimum absolute atomic E-state index is 0.350. The molecule has 0 aromatic heterocycles. The van der Waals surface area contributed by atoms with Gasteiger partial charge in [0.1, 0.15) is 0 Å². The lowest BCUT2D eigenvalue weighted by Gasteiger charge is -2.40. The summed E-state index contributed by atoms with van der Waals surface area (Å²) >= 11 is 0. The Balaban J connectivity index is 1.97. The number of hydrogen-bond donors (Lipinski definition) is 1. The largest absolute Gasteiger partial charge is 0.385 e. The van der Waals surface area contributed by atoms with Crippen molar-refractivity contribution in [2.75, 3.05) is 39.8 Å². The SMILES string of the molecule is C=CC1(O)CCCCCCCCCCC1CN1CCN(C)CC1. The maximum atomic E-state index is 11.3. The van der Waals surface area contributed by atoms with E-state index in [2.05, 4.69) is 23.4 Å². The molecule has 3 nitrogen and oxygen atoms in total. The minimum atomic E-state index is -0.664. The Bertz CT molecular complexity index is 339. The van der Waals surface area contributed by atoms with E-state index in [0.29, 0.717) is 5.92 Å². The second-order valence-corrected chi connectivity index (χ2v) is 7.86. The van der Waals surface area contributed by atoms with Crippen molar-refractivity contribution in [3.63, 3.8) is 0 Å². The van der Waals surface area contributed by atoms with Crippen LogP contribution in [0.15, 0.2) is 12.7 Å². The summed E-state index contributed by atoms with van der Waals surface area (Å²) in [4.78, 5) is 4.96. The molecule has 0 radical (unpaired) electrons. The lowest BCUT2D eigenvalue weighted by Crippen LogP contribution is -2.49. The molecule has 1 aliphatic heterocycles. The van der Waals surface area contributed by atoms with Gasteiger partial charge in [-0.2, -0.15) is 0 Å². The third-order valence-electron chi connectivity index (χ3n) is 6.01. The molecule has 1 heterocycles. The average Bonchev–Trinajstić information content (AvgIpc) is 2.55. The van der Waals surface area contributed by atoms with Crippen LogP contribution in [0.25, 0.3) is 0 Å². The molecule has 2 atom stereocenters. The first-order valence-electron chi connectivity index (χ1n) is 9.91. The summed E-state index contributed by atoms with van der Waals surface area (Å²) in [5.41, 5.74) is -0.664. The molecule has 3 heteroatoms. The zero-order chi connectivity index (χ0) is 16.5. The molecule has 2 rings (SSSR count). The Morgan fingerprint density at radius 3 is 2.13 bits per heavy atom. The van der Waals surface area contributed by atoms with E-state index in [-0.39, 0.29) is 0 Å². The highest BCUT2D eigenvalue weighted by Gasteiger charge is 2.34. The lowest BCUT2D eigenvalue weighted by molar-refractivity contribution is -0.00924. The molecule has 2 unspecified atom stereocenters. The van der Waals surface area contributed by atoms with Crippen LogP contribution in [0.4, 0.5) is 0 Å². The molecule has 0 aromatic carbocycles. The standard InChI is InChI=1S/C20H38N2O/c1-3-20(23)13-11-9-7-5-4-6-8-10-12-19(20)18-22-16-14-21(2)15-17-22/h3,19,23H,1,4-18H2,2H3. The van der Waals surface area contributed by atoms with Crippen molar-refractivity contribution in [1.82, 2.24) is 9.80 Å². The third kappa shape index (κ3) is 6.21. The van der Waals surface area contributed by atoms with Crippen molar-refractivity contribution < 1.29 is 5.11 Å².